The van der Waals surface area contributed by atoms with E-state index >= 15 is 0 Å². The van der Waals surface area contributed by atoms with Crippen molar-refractivity contribution in [1.29, 1.82) is 0 Å². The molecule has 0 aliphatic rings. The van der Waals surface area contributed by atoms with Gasteiger partial charge in [0.05, 0.1) is 6.61 Å². The number of unbranched alkanes of at least 4 members (excludes halogenated alkanes) is 2. The minimum absolute atomic E-state index is 0.337. The number of hydrogen-bond donors (Lipinski definition) is 0. The summed E-state index contributed by atoms with van der Waals surface area (Å²) in [5, 5.41) is 0. The van der Waals surface area contributed by atoms with Crippen molar-refractivity contribution >= 4 is 14.0 Å². The molecule has 0 aliphatic carbocycles. The van der Waals surface area contributed by atoms with Crippen LogP contribution in [0, 0.1) is 0 Å². The highest BCUT2D eigenvalue weighted by atomic mass is 31.1. The number of carbonyl (C=O) groups is 1. The average Bonchev–Trinajstić information content (AvgIpc) is 2.23. The Morgan fingerprint density at radius 2 is 1.94 bits per heavy atom. The third-order valence-electron chi connectivity index (χ3n) is 1.74. The van der Waals surface area contributed by atoms with Gasteiger partial charge in [-0.05, 0) is 23.8 Å². The highest BCUT2D eigenvalue weighted by molar-refractivity contribution is 7.38. The van der Waals surface area contributed by atoms with E-state index in [1.165, 1.54) is 6.66 Å². The van der Waals surface area contributed by atoms with E-state index in [1.54, 1.807) is 0 Å². The summed E-state index contributed by atoms with van der Waals surface area (Å²) in [6.45, 7) is 4.38. The van der Waals surface area contributed by atoms with Gasteiger partial charge in [0, 0.05) is 6.42 Å². The van der Waals surface area contributed by atoms with E-state index in [1.807, 2.05) is 6.92 Å². The highest BCUT2D eigenvalue weighted by Gasteiger charge is 2.06. The maximum absolute atomic E-state index is 11.0. The lowest BCUT2D eigenvalue weighted by molar-refractivity contribution is -0.272. The molecule has 6 heteroatoms. The molecule has 5 nitrogen and oxygen atoms in total. The summed E-state index contributed by atoms with van der Waals surface area (Å²) in [4.78, 5) is 20.2. The van der Waals surface area contributed by atoms with Gasteiger partial charge in [0.2, 0.25) is 0 Å². The molecule has 0 rings (SSSR count). The van der Waals surface area contributed by atoms with Crippen molar-refractivity contribution in [3.8, 4) is 0 Å². The van der Waals surface area contributed by atoms with Crippen molar-refractivity contribution in [2.24, 2.45) is 0 Å². The Kier molecular flexibility index (Phi) is 10.6. The zero-order valence-corrected chi connectivity index (χ0v) is 10.8. The van der Waals surface area contributed by atoms with Crippen LogP contribution >= 0.6 is 8.03 Å². The zero-order chi connectivity index (χ0) is 12.2. The molecule has 0 amide bonds. The van der Waals surface area contributed by atoms with Crippen LogP contribution in [0.25, 0.3) is 0 Å². The Balaban J connectivity index is 3.18. The molecule has 1 atom stereocenters. The Hall–Kier alpha value is -0.510. The second kappa shape index (κ2) is 11.0. The van der Waals surface area contributed by atoms with Crippen molar-refractivity contribution in [3.63, 3.8) is 0 Å². The first-order valence-electron chi connectivity index (χ1n) is 5.53. The summed E-state index contributed by atoms with van der Waals surface area (Å²) >= 11 is 0. The van der Waals surface area contributed by atoms with Gasteiger partial charge in [-0.1, -0.05) is 13.3 Å². The fourth-order valence-electron chi connectivity index (χ4n) is 0.974. The van der Waals surface area contributed by atoms with Crippen LogP contribution in [0.4, 0.5) is 0 Å². The molecule has 0 bridgehead atoms. The molecule has 1 unspecified atom stereocenters. The Bertz CT molecular complexity index is 207. The maximum Gasteiger partial charge on any atom is 0.504 e. The molecule has 0 aromatic carbocycles. The van der Waals surface area contributed by atoms with E-state index in [0.717, 1.165) is 25.7 Å². The zero-order valence-electron chi connectivity index (χ0n) is 9.94. The highest BCUT2D eigenvalue weighted by Crippen LogP contribution is 2.15. The van der Waals surface area contributed by atoms with Gasteiger partial charge in [0.25, 0.3) is 0 Å². The molecule has 0 aromatic rings. The Morgan fingerprint density at radius 3 is 2.56 bits per heavy atom. The normalized spacial score (nSPS) is 11.2. The second-order valence-corrected chi connectivity index (χ2v) is 4.50. The van der Waals surface area contributed by atoms with Crippen molar-refractivity contribution in [3.05, 3.63) is 0 Å². The molecule has 0 spiro atoms. The topological polar surface area (TPSA) is 61.8 Å². The summed E-state index contributed by atoms with van der Waals surface area (Å²) < 4.78 is 15.5. The molecule has 16 heavy (non-hydrogen) atoms. The second-order valence-electron chi connectivity index (χ2n) is 3.36. The van der Waals surface area contributed by atoms with Crippen LogP contribution in [0.3, 0.4) is 0 Å². The molecule has 0 saturated heterocycles. The van der Waals surface area contributed by atoms with E-state index in [4.69, 9.17) is 4.52 Å². The summed E-state index contributed by atoms with van der Waals surface area (Å²) in [5.74, 6) is -0.337. The van der Waals surface area contributed by atoms with Crippen LogP contribution in [-0.2, 0) is 23.7 Å². The smallest absolute Gasteiger partial charge is 0.298 e. The number of rotatable bonds is 10. The molecule has 0 radical (unpaired) electrons. The van der Waals surface area contributed by atoms with Gasteiger partial charge in [-0.15, -0.1) is 4.52 Å². The largest absolute Gasteiger partial charge is 0.504 e. The average molecular weight is 251 g/mol. The molecule has 0 saturated carbocycles. The SMILES string of the molecule is CCCOOC(=O)CCCCCO[P+](C)=O. The lowest BCUT2D eigenvalue weighted by atomic mass is 10.2. The van der Waals surface area contributed by atoms with Gasteiger partial charge >= 0.3 is 14.0 Å². The van der Waals surface area contributed by atoms with Gasteiger partial charge in [0.15, 0.2) is 6.66 Å². The molecule has 0 heterocycles. The van der Waals surface area contributed by atoms with Crippen LogP contribution in [-0.4, -0.2) is 25.8 Å². The fourth-order valence-corrected chi connectivity index (χ4v) is 1.36. The Labute approximate surface area is 97.2 Å². The standard InChI is InChI=1S/C10H20O5P/c1-3-8-13-15-10(11)7-5-4-6-9-14-16(2)12/h3-9H2,1-2H3/q+1. The van der Waals surface area contributed by atoms with Crippen LogP contribution in [0.2, 0.25) is 0 Å². The van der Waals surface area contributed by atoms with Crippen molar-refractivity contribution in [1.82, 2.24) is 0 Å². The van der Waals surface area contributed by atoms with E-state index in [0.29, 0.717) is 19.6 Å². The van der Waals surface area contributed by atoms with Gasteiger partial charge < -0.3 is 0 Å². The molecule has 94 valence electrons. The van der Waals surface area contributed by atoms with Crippen LogP contribution < -0.4 is 0 Å². The predicted octanol–water partition coefficient (Wildman–Crippen LogP) is 2.82. The summed E-state index contributed by atoms with van der Waals surface area (Å²) in [6, 6.07) is 0. The monoisotopic (exact) mass is 251 g/mol. The molecular weight excluding hydrogens is 231 g/mol. The third kappa shape index (κ3) is 11.6. The molecule has 0 N–H and O–H groups in total. The minimum atomic E-state index is -1.51. The van der Waals surface area contributed by atoms with Gasteiger partial charge in [0.1, 0.15) is 6.61 Å². The predicted molar refractivity (Wildman–Crippen MR) is 60.3 cm³/mol. The van der Waals surface area contributed by atoms with Gasteiger partial charge in [-0.2, -0.15) is 4.89 Å². The van der Waals surface area contributed by atoms with Crippen LogP contribution in [0.15, 0.2) is 0 Å². The first-order chi connectivity index (χ1) is 7.66. The fraction of sp³-hybridized carbons (Fsp3) is 0.900. The minimum Gasteiger partial charge on any atom is -0.298 e. The van der Waals surface area contributed by atoms with Crippen LogP contribution in [0.5, 0.6) is 0 Å². The van der Waals surface area contributed by atoms with E-state index in [9.17, 15) is 9.36 Å². The number of hydrogen-bond acceptors (Lipinski definition) is 5. The third-order valence-corrected chi connectivity index (χ3v) is 2.28. The molecule has 0 fully saturated rings. The Morgan fingerprint density at radius 1 is 1.19 bits per heavy atom. The molecule has 0 aromatic heterocycles. The summed E-state index contributed by atoms with van der Waals surface area (Å²) in [5.41, 5.74) is 0. The molecule has 0 aliphatic heterocycles. The number of carbonyl (C=O) groups excluding carboxylic acids is 1. The van der Waals surface area contributed by atoms with Crippen LogP contribution in [0.1, 0.15) is 39.0 Å². The van der Waals surface area contributed by atoms with Crippen molar-refractivity contribution in [2.45, 2.75) is 39.0 Å². The maximum atomic E-state index is 11.0. The quantitative estimate of drug-likeness (QED) is 0.258. The molecular formula is C10H20O5P+. The van der Waals surface area contributed by atoms with Crippen molar-refractivity contribution in [2.75, 3.05) is 19.9 Å². The van der Waals surface area contributed by atoms with E-state index in [-0.39, 0.29) is 5.97 Å². The van der Waals surface area contributed by atoms with Crippen molar-refractivity contribution < 1.29 is 23.7 Å². The first-order valence-corrected chi connectivity index (χ1v) is 7.15. The summed E-state index contributed by atoms with van der Waals surface area (Å²) in [6.07, 6.45) is 3.56. The first kappa shape index (κ1) is 15.5. The van der Waals surface area contributed by atoms with E-state index in [2.05, 4.69) is 9.78 Å². The van der Waals surface area contributed by atoms with Gasteiger partial charge in [-0.25, -0.2) is 4.79 Å². The summed E-state index contributed by atoms with van der Waals surface area (Å²) in [7, 11) is -1.51. The lowest BCUT2D eigenvalue weighted by Gasteiger charge is -2.01. The van der Waals surface area contributed by atoms with E-state index < -0.39 is 8.03 Å². The van der Waals surface area contributed by atoms with Gasteiger partial charge in [-0.3, -0.25) is 4.89 Å². The lowest BCUT2D eigenvalue weighted by Crippen LogP contribution is -2.05.